The number of hydrogen-bond acceptors (Lipinski definition) is 1. The van der Waals surface area contributed by atoms with E-state index in [9.17, 15) is 8.78 Å². The van der Waals surface area contributed by atoms with E-state index in [-0.39, 0.29) is 11.6 Å². The minimum Gasteiger partial charge on any atom is -0.309 e. The van der Waals surface area contributed by atoms with E-state index in [0.29, 0.717) is 5.56 Å². The molecule has 0 radical (unpaired) electrons. The molecule has 0 saturated heterocycles. The average molecular weight is 265 g/mol. The molecule has 1 N–H and O–H groups in total. The lowest BCUT2D eigenvalue weighted by Gasteiger charge is -2.22. The smallest absolute Gasteiger partial charge is 0.134 e. The van der Waals surface area contributed by atoms with Gasteiger partial charge in [-0.3, -0.25) is 0 Å². The van der Waals surface area contributed by atoms with Gasteiger partial charge in [-0.15, -0.1) is 0 Å². The van der Waals surface area contributed by atoms with Crippen LogP contribution in [0.4, 0.5) is 8.78 Å². The summed E-state index contributed by atoms with van der Waals surface area (Å²) in [5.41, 5.74) is 1.77. The van der Waals surface area contributed by atoms with Crippen LogP contribution >= 0.6 is 0 Å². The molecule has 0 heterocycles. The standard InChI is InChI=1S/C16H21F2N/c1-11-9-10-13(17)14(15(11)18)16(19-2)12-7-5-3-4-6-8-12/h7,9-10,16,19H,3-6,8H2,1-2H3. The summed E-state index contributed by atoms with van der Waals surface area (Å²) in [5, 5.41) is 3.08. The van der Waals surface area contributed by atoms with Crippen LogP contribution < -0.4 is 5.32 Å². The maximum Gasteiger partial charge on any atom is 0.134 e. The molecule has 0 amide bonds. The number of nitrogens with one attached hydrogen (secondary N) is 1. The zero-order valence-corrected chi connectivity index (χ0v) is 11.6. The Labute approximate surface area is 113 Å². The third-order valence-corrected chi connectivity index (χ3v) is 3.84. The molecule has 1 atom stereocenters. The lowest BCUT2D eigenvalue weighted by molar-refractivity contribution is 0.507. The fourth-order valence-corrected chi connectivity index (χ4v) is 2.76. The van der Waals surface area contributed by atoms with Crippen molar-refractivity contribution in [3.05, 3.63) is 46.5 Å². The molecule has 0 spiro atoms. The summed E-state index contributed by atoms with van der Waals surface area (Å²) in [4.78, 5) is 0. The second-order valence-corrected chi connectivity index (χ2v) is 5.19. The maximum absolute atomic E-state index is 14.2. The molecule has 0 aliphatic heterocycles. The highest BCUT2D eigenvalue weighted by Crippen LogP contribution is 2.32. The number of hydrogen-bond donors (Lipinski definition) is 1. The second-order valence-electron chi connectivity index (χ2n) is 5.19. The molecule has 1 nitrogen and oxygen atoms in total. The maximum atomic E-state index is 14.2. The monoisotopic (exact) mass is 265 g/mol. The van der Waals surface area contributed by atoms with Crippen LogP contribution in [-0.4, -0.2) is 7.05 Å². The van der Waals surface area contributed by atoms with Gasteiger partial charge in [0.25, 0.3) is 0 Å². The summed E-state index contributed by atoms with van der Waals surface area (Å²) in [6.45, 7) is 1.67. The van der Waals surface area contributed by atoms with Gasteiger partial charge in [0.1, 0.15) is 11.6 Å². The van der Waals surface area contributed by atoms with Crippen LogP contribution in [0.15, 0.2) is 23.8 Å². The van der Waals surface area contributed by atoms with Crippen molar-refractivity contribution in [1.82, 2.24) is 5.32 Å². The van der Waals surface area contributed by atoms with E-state index in [1.54, 1.807) is 14.0 Å². The topological polar surface area (TPSA) is 12.0 Å². The van der Waals surface area contributed by atoms with Gasteiger partial charge >= 0.3 is 0 Å². The quantitative estimate of drug-likeness (QED) is 0.797. The summed E-state index contributed by atoms with van der Waals surface area (Å²) in [6, 6.07) is 2.50. The Morgan fingerprint density at radius 3 is 2.68 bits per heavy atom. The number of allylic oxidation sites excluding steroid dienone is 1. The van der Waals surface area contributed by atoms with E-state index < -0.39 is 11.6 Å². The van der Waals surface area contributed by atoms with Gasteiger partial charge in [-0.2, -0.15) is 0 Å². The Bertz CT molecular complexity index is 480. The van der Waals surface area contributed by atoms with Gasteiger partial charge < -0.3 is 5.32 Å². The van der Waals surface area contributed by atoms with E-state index in [4.69, 9.17) is 0 Å². The summed E-state index contributed by atoms with van der Waals surface area (Å²) in [5.74, 6) is -0.892. The summed E-state index contributed by atoms with van der Waals surface area (Å²) in [7, 11) is 1.76. The zero-order valence-electron chi connectivity index (χ0n) is 11.6. The van der Waals surface area contributed by atoms with Crippen LogP contribution in [-0.2, 0) is 0 Å². The molecule has 1 aliphatic rings. The zero-order chi connectivity index (χ0) is 13.8. The number of likely N-dealkylation sites (N-methyl/N-ethyl adjacent to an activating group) is 1. The fourth-order valence-electron chi connectivity index (χ4n) is 2.76. The Morgan fingerprint density at radius 2 is 1.95 bits per heavy atom. The van der Waals surface area contributed by atoms with Gasteiger partial charge in [-0.05, 0) is 51.3 Å². The predicted octanol–water partition coefficient (Wildman–Crippen LogP) is 4.42. The first-order chi connectivity index (χ1) is 9.15. The highest BCUT2D eigenvalue weighted by Gasteiger charge is 2.23. The van der Waals surface area contributed by atoms with Gasteiger partial charge in [-0.1, -0.05) is 24.1 Å². The molecule has 0 bridgehead atoms. The number of benzene rings is 1. The molecule has 3 heteroatoms. The van der Waals surface area contributed by atoms with Gasteiger partial charge in [0.15, 0.2) is 0 Å². The highest BCUT2D eigenvalue weighted by molar-refractivity contribution is 5.34. The first-order valence-corrected chi connectivity index (χ1v) is 6.96. The van der Waals surface area contributed by atoms with Crippen LogP contribution in [0.1, 0.15) is 49.3 Å². The van der Waals surface area contributed by atoms with Crippen molar-refractivity contribution in [1.29, 1.82) is 0 Å². The molecule has 0 fully saturated rings. The molecule has 19 heavy (non-hydrogen) atoms. The first-order valence-electron chi connectivity index (χ1n) is 6.96. The lowest BCUT2D eigenvalue weighted by Crippen LogP contribution is -2.22. The van der Waals surface area contributed by atoms with Crippen LogP contribution in [0.2, 0.25) is 0 Å². The van der Waals surface area contributed by atoms with Crippen LogP contribution in [0.3, 0.4) is 0 Å². The summed E-state index contributed by atoms with van der Waals surface area (Å²) in [6.07, 6.45) is 7.52. The van der Waals surface area contributed by atoms with E-state index in [0.717, 1.165) is 24.8 Å². The van der Waals surface area contributed by atoms with Gasteiger partial charge in [-0.25, -0.2) is 8.78 Å². The second kappa shape index (κ2) is 6.29. The molecule has 0 aromatic heterocycles. The fraction of sp³-hybridized carbons (Fsp3) is 0.500. The van der Waals surface area contributed by atoms with Gasteiger partial charge in [0.2, 0.25) is 0 Å². The molecular formula is C16H21F2N. The predicted molar refractivity (Wildman–Crippen MR) is 74.1 cm³/mol. The van der Waals surface area contributed by atoms with E-state index >= 15 is 0 Å². The van der Waals surface area contributed by atoms with Crippen LogP contribution in [0.25, 0.3) is 0 Å². The van der Waals surface area contributed by atoms with E-state index in [1.165, 1.54) is 25.0 Å². The van der Waals surface area contributed by atoms with Crippen molar-refractivity contribution >= 4 is 0 Å². The van der Waals surface area contributed by atoms with Crippen LogP contribution in [0, 0.1) is 18.6 Å². The van der Waals surface area contributed by atoms with Gasteiger partial charge in [0.05, 0.1) is 6.04 Å². The summed E-state index contributed by atoms with van der Waals surface area (Å²) >= 11 is 0. The molecule has 1 aromatic rings. The van der Waals surface area contributed by atoms with Crippen molar-refractivity contribution in [3.63, 3.8) is 0 Å². The Hall–Kier alpha value is -1.22. The molecular weight excluding hydrogens is 244 g/mol. The third-order valence-electron chi connectivity index (χ3n) is 3.84. The van der Waals surface area contributed by atoms with Crippen molar-refractivity contribution in [2.75, 3.05) is 7.05 Å². The van der Waals surface area contributed by atoms with Gasteiger partial charge in [0, 0.05) is 5.56 Å². The Kier molecular flexibility index (Phi) is 4.70. The molecule has 2 rings (SSSR count). The van der Waals surface area contributed by atoms with Crippen molar-refractivity contribution < 1.29 is 8.78 Å². The van der Waals surface area contributed by atoms with Crippen LogP contribution in [0.5, 0.6) is 0 Å². The first kappa shape index (κ1) is 14.2. The minimum atomic E-state index is -0.465. The lowest BCUT2D eigenvalue weighted by atomic mass is 9.93. The number of aryl methyl sites for hydroxylation is 1. The van der Waals surface area contributed by atoms with Crippen molar-refractivity contribution in [2.45, 2.75) is 45.1 Å². The van der Waals surface area contributed by atoms with Crippen molar-refractivity contribution in [3.8, 4) is 0 Å². The SMILES string of the molecule is CNC(C1=CCCCCC1)c1c(F)ccc(C)c1F. The number of halogens is 2. The third kappa shape index (κ3) is 3.03. The molecule has 0 saturated carbocycles. The molecule has 1 aromatic carbocycles. The minimum absolute atomic E-state index is 0.163. The Morgan fingerprint density at radius 1 is 1.16 bits per heavy atom. The number of rotatable bonds is 3. The average Bonchev–Trinajstić information content (AvgIpc) is 2.68. The normalized spacial score (nSPS) is 17.8. The van der Waals surface area contributed by atoms with E-state index in [1.807, 2.05) is 0 Å². The van der Waals surface area contributed by atoms with Crippen molar-refractivity contribution in [2.24, 2.45) is 0 Å². The molecule has 1 unspecified atom stereocenters. The molecule has 1 aliphatic carbocycles. The highest BCUT2D eigenvalue weighted by atomic mass is 19.1. The summed E-state index contributed by atoms with van der Waals surface area (Å²) < 4.78 is 28.3. The van der Waals surface area contributed by atoms with E-state index in [2.05, 4.69) is 11.4 Å². The molecule has 104 valence electrons. The largest absolute Gasteiger partial charge is 0.309 e. The Balaban J connectivity index is 2.41.